The zero-order chi connectivity index (χ0) is 38.3. The summed E-state index contributed by atoms with van der Waals surface area (Å²) in [4.78, 5) is 61.5. The molecule has 15 nitrogen and oxygen atoms in total. The predicted molar refractivity (Wildman–Crippen MR) is 201 cm³/mol. The lowest BCUT2D eigenvalue weighted by molar-refractivity contribution is -0.385. The number of nitro benzene ring substituents is 2. The van der Waals surface area contributed by atoms with Crippen LogP contribution in [0, 0.1) is 25.6 Å². The van der Waals surface area contributed by atoms with Gasteiger partial charge in [-0.15, -0.1) is 0 Å². The maximum absolute atomic E-state index is 15.0. The number of allylic oxidation sites excluding steroid dienone is 1. The number of nitrogens with zero attached hydrogens (tertiary/aromatic N) is 4. The van der Waals surface area contributed by atoms with Gasteiger partial charge in [0.25, 0.3) is 11.4 Å². The third-order valence-electron chi connectivity index (χ3n) is 9.63. The molecule has 0 bridgehead atoms. The first kappa shape index (κ1) is 35.3. The fourth-order valence-corrected chi connectivity index (χ4v) is 7.46. The SMILES string of the molecule is COc1ccc(C2/C(=C/c3ccc([N+](=O)[O-])cc3)c3nc(N)nc(-c4ccc([N+](=O)[O-])cc4)c3C(c3ccc(OC)cc3)C23C(=O)NC(=S)NC3=O)cc1. The third kappa shape index (κ3) is 5.93. The van der Waals surface area contributed by atoms with E-state index in [1.807, 2.05) is 0 Å². The van der Waals surface area contributed by atoms with E-state index in [4.69, 9.17) is 32.4 Å². The Morgan fingerprint density at radius 3 is 1.67 bits per heavy atom. The zero-order valence-corrected chi connectivity index (χ0v) is 29.3. The van der Waals surface area contributed by atoms with E-state index in [0.29, 0.717) is 44.9 Å². The average molecular weight is 744 g/mol. The first-order valence-electron chi connectivity index (χ1n) is 16.3. The van der Waals surface area contributed by atoms with Crippen LogP contribution in [0.25, 0.3) is 22.9 Å². The normalized spacial score (nSPS) is 18.0. The van der Waals surface area contributed by atoms with Gasteiger partial charge >= 0.3 is 0 Å². The Labute approximate surface area is 312 Å². The molecule has 1 saturated heterocycles. The van der Waals surface area contributed by atoms with Crippen LogP contribution in [0.5, 0.6) is 11.5 Å². The summed E-state index contributed by atoms with van der Waals surface area (Å²) >= 11 is 5.32. The molecule has 54 heavy (non-hydrogen) atoms. The smallest absolute Gasteiger partial charge is 0.269 e. The molecular weight excluding hydrogens is 715 g/mol. The lowest BCUT2D eigenvalue weighted by Gasteiger charge is -2.50. The van der Waals surface area contributed by atoms with Gasteiger partial charge in [0.2, 0.25) is 17.8 Å². The van der Waals surface area contributed by atoms with Crippen molar-refractivity contribution in [3.63, 3.8) is 0 Å². The summed E-state index contributed by atoms with van der Waals surface area (Å²) in [5.74, 6) is -2.82. The number of hydrogen-bond acceptors (Lipinski definition) is 12. The minimum atomic E-state index is -2.06. The zero-order valence-electron chi connectivity index (χ0n) is 28.5. The minimum Gasteiger partial charge on any atom is -0.497 e. The van der Waals surface area contributed by atoms with E-state index in [1.54, 1.807) is 54.6 Å². The number of nitrogens with two attached hydrogens (primary N) is 1. The van der Waals surface area contributed by atoms with Gasteiger partial charge in [0.15, 0.2) is 10.5 Å². The summed E-state index contributed by atoms with van der Waals surface area (Å²) in [5, 5.41) is 28.4. The summed E-state index contributed by atoms with van der Waals surface area (Å²) in [7, 11) is 3.02. The largest absolute Gasteiger partial charge is 0.497 e. The van der Waals surface area contributed by atoms with Crippen LogP contribution >= 0.6 is 12.2 Å². The van der Waals surface area contributed by atoms with E-state index in [9.17, 15) is 20.2 Å². The van der Waals surface area contributed by atoms with Crippen LogP contribution in [-0.2, 0) is 9.59 Å². The van der Waals surface area contributed by atoms with E-state index in [1.165, 1.54) is 62.8 Å². The predicted octanol–water partition coefficient (Wildman–Crippen LogP) is 5.55. The molecule has 16 heteroatoms. The third-order valence-corrected chi connectivity index (χ3v) is 9.83. The number of nitrogens with one attached hydrogen (secondary N) is 2. The molecule has 2 atom stereocenters. The van der Waals surface area contributed by atoms with Crippen molar-refractivity contribution in [2.75, 3.05) is 20.0 Å². The van der Waals surface area contributed by atoms with Crippen LogP contribution in [-0.4, -0.2) is 51.0 Å². The number of aromatic nitrogens is 2. The number of amides is 2. The molecule has 1 aliphatic carbocycles. The molecule has 1 spiro atoms. The number of nitrogen functional groups attached to an aromatic ring is 1. The second-order valence-corrected chi connectivity index (χ2v) is 12.9. The molecule has 2 amide bonds. The number of benzene rings is 4. The molecule has 2 unspecified atom stereocenters. The molecular formula is C38H29N7O8S. The van der Waals surface area contributed by atoms with Crippen molar-refractivity contribution >= 4 is 58.1 Å². The van der Waals surface area contributed by atoms with Gasteiger partial charge in [0, 0.05) is 47.2 Å². The van der Waals surface area contributed by atoms with E-state index < -0.39 is 38.9 Å². The van der Waals surface area contributed by atoms with Crippen molar-refractivity contribution in [2.45, 2.75) is 11.8 Å². The molecule has 7 rings (SSSR count). The number of thiocarbonyl (C=S) groups is 1. The lowest BCUT2D eigenvalue weighted by Crippen LogP contribution is -2.67. The van der Waals surface area contributed by atoms with Gasteiger partial charge in [0.05, 0.1) is 35.5 Å². The highest BCUT2D eigenvalue weighted by atomic mass is 32.1. The van der Waals surface area contributed by atoms with Crippen LogP contribution in [0.2, 0.25) is 0 Å². The highest BCUT2D eigenvalue weighted by Crippen LogP contribution is 2.62. The van der Waals surface area contributed by atoms with Crippen LogP contribution in [0.15, 0.2) is 97.1 Å². The molecule has 0 radical (unpaired) electrons. The van der Waals surface area contributed by atoms with Gasteiger partial charge in [-0.1, -0.05) is 24.3 Å². The monoisotopic (exact) mass is 743 g/mol. The summed E-state index contributed by atoms with van der Waals surface area (Å²) in [6, 6.07) is 25.1. The number of carbonyl (C=O) groups is 2. The quantitative estimate of drug-likeness (QED) is 0.0773. The van der Waals surface area contributed by atoms with Crippen LogP contribution in [0.4, 0.5) is 17.3 Å². The first-order valence-corrected chi connectivity index (χ1v) is 16.7. The Morgan fingerprint density at radius 1 is 0.722 bits per heavy atom. The maximum atomic E-state index is 15.0. The van der Waals surface area contributed by atoms with Crippen LogP contribution in [0.3, 0.4) is 0 Å². The molecule has 4 N–H and O–H groups in total. The summed E-state index contributed by atoms with van der Waals surface area (Å²) in [5.41, 5.74) is 7.13. The fraction of sp³-hybridized carbons (Fsp3) is 0.132. The highest BCUT2D eigenvalue weighted by Gasteiger charge is 2.65. The second kappa shape index (κ2) is 13.8. The molecule has 1 aliphatic heterocycles. The molecule has 1 aromatic heterocycles. The highest BCUT2D eigenvalue weighted by molar-refractivity contribution is 7.80. The molecule has 270 valence electrons. The molecule has 0 saturated carbocycles. The maximum Gasteiger partial charge on any atom is 0.269 e. The lowest BCUT2D eigenvalue weighted by atomic mass is 9.52. The van der Waals surface area contributed by atoms with Crippen molar-refractivity contribution in [3.05, 3.63) is 145 Å². The number of methoxy groups -OCH3 is 2. The number of anilines is 1. The van der Waals surface area contributed by atoms with E-state index in [-0.39, 0.29) is 33.8 Å². The minimum absolute atomic E-state index is 0.143. The molecule has 1 fully saturated rings. The Balaban J connectivity index is 1.66. The van der Waals surface area contributed by atoms with Gasteiger partial charge in [-0.2, -0.15) is 0 Å². The topological polar surface area (TPSA) is 215 Å². The van der Waals surface area contributed by atoms with E-state index >= 15 is 9.59 Å². The van der Waals surface area contributed by atoms with Gasteiger partial charge in [0.1, 0.15) is 11.5 Å². The Bertz CT molecular complexity index is 2360. The standard InChI is InChI=1S/C38H29N7O8S/c1-52-26-15-7-21(8-16-26)30-28(19-20-3-11-24(12-4-20)44(48)49)33-29(32(40-36(39)41-33)23-5-13-25(14-6-23)45(50)51)31(22-9-17-27(53-2)18-10-22)38(30)34(46)42-37(54)43-35(38)47/h3-19,30-31H,1-2H3,(H2,39,40,41)(H2,42,43,46,47,54)/b28-19-. The number of rotatable bonds is 8. The number of ether oxygens (including phenoxy) is 2. The van der Waals surface area contributed by atoms with Crippen molar-refractivity contribution in [3.8, 4) is 22.8 Å². The Morgan fingerprint density at radius 2 is 1.19 bits per heavy atom. The number of carbonyl (C=O) groups excluding carboxylic acids is 2. The molecule has 2 aliphatic rings. The van der Waals surface area contributed by atoms with Crippen LogP contribution in [0.1, 0.15) is 39.8 Å². The summed E-state index contributed by atoms with van der Waals surface area (Å²) < 4.78 is 10.9. The fourth-order valence-electron chi connectivity index (χ4n) is 7.28. The summed E-state index contributed by atoms with van der Waals surface area (Å²) in [6.07, 6.45) is 1.70. The van der Waals surface area contributed by atoms with E-state index in [0.717, 1.165) is 0 Å². The van der Waals surface area contributed by atoms with Gasteiger partial charge in [-0.25, -0.2) is 9.97 Å². The Kier molecular flexibility index (Phi) is 9.04. The second-order valence-electron chi connectivity index (χ2n) is 12.5. The van der Waals surface area contributed by atoms with E-state index in [2.05, 4.69) is 15.6 Å². The number of non-ortho nitro benzene ring substituents is 2. The van der Waals surface area contributed by atoms with Crippen molar-refractivity contribution in [2.24, 2.45) is 5.41 Å². The van der Waals surface area contributed by atoms with Crippen LogP contribution < -0.4 is 25.8 Å². The molecule has 4 aromatic carbocycles. The Hall–Kier alpha value is -7.07. The van der Waals surface area contributed by atoms with Crippen molar-refractivity contribution < 1.29 is 28.9 Å². The van der Waals surface area contributed by atoms with Gasteiger partial charge < -0.3 is 25.8 Å². The summed E-state index contributed by atoms with van der Waals surface area (Å²) in [6.45, 7) is 0. The van der Waals surface area contributed by atoms with Gasteiger partial charge in [-0.05, 0) is 89.1 Å². The first-order chi connectivity index (χ1) is 26.0. The number of hydrogen-bond donors (Lipinski definition) is 3. The number of fused-ring (bicyclic) bond motifs is 1. The van der Waals surface area contributed by atoms with Crippen molar-refractivity contribution in [1.82, 2.24) is 20.6 Å². The molecule has 2 heterocycles. The number of nitro groups is 2. The average Bonchev–Trinajstić information content (AvgIpc) is 3.17. The van der Waals surface area contributed by atoms with Crippen molar-refractivity contribution in [1.29, 1.82) is 0 Å². The molecule has 5 aromatic rings. The van der Waals surface area contributed by atoms with Gasteiger partial charge in [-0.3, -0.25) is 29.8 Å².